The summed E-state index contributed by atoms with van der Waals surface area (Å²) < 4.78 is 13.3. The molecule has 0 radical (unpaired) electrons. The van der Waals surface area contributed by atoms with Crippen LogP contribution in [0.5, 0.6) is 0 Å². The average Bonchev–Trinajstić information content (AvgIpc) is 2.89. The summed E-state index contributed by atoms with van der Waals surface area (Å²) in [5.41, 5.74) is -0.244. The average molecular weight is 381 g/mol. The molecule has 2 amide bonds. The third-order valence-electron chi connectivity index (χ3n) is 5.91. The summed E-state index contributed by atoms with van der Waals surface area (Å²) >= 11 is 6.12. The lowest BCUT2D eigenvalue weighted by molar-refractivity contribution is -0.141. The Kier molecular flexibility index (Phi) is 5.56. The fraction of sp³-hybridized carbons (Fsp3) is 0.600. The number of benzene rings is 1. The second-order valence-corrected chi connectivity index (χ2v) is 8.33. The van der Waals surface area contributed by atoms with Crippen LogP contribution in [-0.2, 0) is 16.1 Å². The zero-order valence-electron chi connectivity index (χ0n) is 15.4. The van der Waals surface area contributed by atoms with E-state index < -0.39 is 11.4 Å². The molecule has 1 aromatic rings. The maximum Gasteiger partial charge on any atom is 0.245 e. The van der Waals surface area contributed by atoms with Crippen molar-refractivity contribution in [3.05, 3.63) is 34.6 Å². The van der Waals surface area contributed by atoms with Crippen LogP contribution >= 0.6 is 11.6 Å². The highest BCUT2D eigenvalue weighted by Crippen LogP contribution is 2.34. The molecule has 1 N–H and O–H groups in total. The van der Waals surface area contributed by atoms with Gasteiger partial charge in [-0.3, -0.25) is 9.59 Å². The van der Waals surface area contributed by atoms with Crippen molar-refractivity contribution >= 4 is 23.4 Å². The van der Waals surface area contributed by atoms with Crippen LogP contribution in [0.25, 0.3) is 0 Å². The van der Waals surface area contributed by atoms with Crippen molar-refractivity contribution in [3.8, 4) is 0 Å². The van der Waals surface area contributed by atoms with Crippen molar-refractivity contribution < 1.29 is 14.0 Å². The second kappa shape index (κ2) is 7.55. The Bertz CT molecular complexity index is 703. The van der Waals surface area contributed by atoms with Crippen molar-refractivity contribution in [1.82, 2.24) is 10.2 Å². The molecule has 0 unspecified atom stereocenters. The van der Waals surface area contributed by atoms with Crippen molar-refractivity contribution in [2.75, 3.05) is 0 Å². The first-order chi connectivity index (χ1) is 12.3. The molecular formula is C20H26ClFN2O2. The lowest BCUT2D eigenvalue weighted by Gasteiger charge is -2.36. The molecule has 0 aromatic heterocycles. The first-order valence-corrected chi connectivity index (χ1v) is 9.73. The van der Waals surface area contributed by atoms with Gasteiger partial charge < -0.3 is 10.2 Å². The van der Waals surface area contributed by atoms with Gasteiger partial charge in [-0.1, -0.05) is 24.6 Å². The molecule has 2 aliphatic rings. The van der Waals surface area contributed by atoms with Gasteiger partial charge in [0.1, 0.15) is 11.4 Å². The molecule has 1 aromatic carbocycles. The van der Waals surface area contributed by atoms with Crippen LogP contribution in [0.3, 0.4) is 0 Å². The zero-order valence-corrected chi connectivity index (χ0v) is 16.1. The van der Waals surface area contributed by atoms with Crippen molar-refractivity contribution in [2.24, 2.45) is 5.92 Å². The number of nitrogens with zero attached hydrogens (tertiary/aromatic N) is 1. The fourth-order valence-electron chi connectivity index (χ4n) is 3.96. The highest BCUT2D eigenvalue weighted by atomic mass is 35.5. The quantitative estimate of drug-likeness (QED) is 0.856. The van der Waals surface area contributed by atoms with E-state index in [1.807, 2.05) is 6.92 Å². The third kappa shape index (κ3) is 3.88. The molecule has 2 fully saturated rings. The first-order valence-electron chi connectivity index (χ1n) is 9.35. The summed E-state index contributed by atoms with van der Waals surface area (Å²) in [5.74, 6) is 0.129. The minimum Gasteiger partial charge on any atom is -0.351 e. The Labute approximate surface area is 159 Å². The maximum atomic E-state index is 13.3. The Hall–Kier alpha value is -1.62. The molecule has 142 valence electrons. The number of halogens is 2. The van der Waals surface area contributed by atoms with Gasteiger partial charge in [0, 0.05) is 24.0 Å². The fourth-order valence-corrected chi connectivity index (χ4v) is 4.19. The summed E-state index contributed by atoms with van der Waals surface area (Å²) in [4.78, 5) is 27.0. The highest BCUT2D eigenvalue weighted by molar-refractivity contribution is 6.31. The number of rotatable bonds is 4. The first kappa shape index (κ1) is 19.2. The summed E-state index contributed by atoms with van der Waals surface area (Å²) in [6, 6.07) is 4.31. The molecule has 26 heavy (non-hydrogen) atoms. The lowest BCUT2D eigenvalue weighted by atomic mass is 9.86. The van der Waals surface area contributed by atoms with Gasteiger partial charge in [0.05, 0.1) is 0 Å². The van der Waals surface area contributed by atoms with E-state index in [2.05, 4.69) is 12.2 Å². The van der Waals surface area contributed by atoms with Crippen LogP contribution in [-0.4, -0.2) is 28.3 Å². The molecule has 0 spiro atoms. The molecule has 1 saturated carbocycles. The lowest BCUT2D eigenvalue weighted by Crippen LogP contribution is -2.56. The van der Waals surface area contributed by atoms with Gasteiger partial charge in [-0.05, 0) is 62.6 Å². The minimum absolute atomic E-state index is 0.0692. The molecule has 1 heterocycles. The van der Waals surface area contributed by atoms with E-state index in [9.17, 15) is 14.0 Å². The highest BCUT2D eigenvalue weighted by Gasteiger charge is 2.47. The summed E-state index contributed by atoms with van der Waals surface area (Å²) in [6.45, 7) is 4.27. The molecule has 6 heteroatoms. The van der Waals surface area contributed by atoms with Crippen molar-refractivity contribution in [2.45, 2.75) is 70.5 Å². The molecule has 4 nitrogen and oxygen atoms in total. The number of carbonyl (C=O) groups excluding carboxylic acids is 2. The van der Waals surface area contributed by atoms with Crippen LogP contribution in [0.4, 0.5) is 4.39 Å². The molecule has 1 aliphatic carbocycles. The standard InChI is InChI=1S/C20H26ClFN2O2/c1-13-3-7-16(8-4-13)23-19(26)20(2)10-9-18(25)24(20)12-14-5-6-15(22)11-17(14)21/h5-6,11,13,16H,3-4,7-10,12H2,1-2H3,(H,23,26)/t13?,16?,20-/m0/s1. The molecule has 3 rings (SSSR count). The van der Waals surface area contributed by atoms with E-state index in [0.717, 1.165) is 25.7 Å². The van der Waals surface area contributed by atoms with Gasteiger partial charge in [-0.25, -0.2) is 4.39 Å². The van der Waals surface area contributed by atoms with Crippen LogP contribution in [0.1, 0.15) is 57.9 Å². The molecule has 1 aliphatic heterocycles. The number of carbonyl (C=O) groups is 2. The predicted octanol–water partition coefficient (Wildman–Crippen LogP) is 4.06. The van der Waals surface area contributed by atoms with Crippen molar-refractivity contribution in [3.63, 3.8) is 0 Å². The maximum absolute atomic E-state index is 13.3. The zero-order chi connectivity index (χ0) is 18.9. The Morgan fingerprint density at radius 2 is 2.04 bits per heavy atom. The molecule has 0 bridgehead atoms. The number of amides is 2. The Morgan fingerprint density at radius 3 is 2.69 bits per heavy atom. The van der Waals surface area contributed by atoms with Gasteiger partial charge >= 0.3 is 0 Å². The Balaban J connectivity index is 1.73. The van der Waals surface area contributed by atoms with Gasteiger partial charge in [-0.2, -0.15) is 0 Å². The largest absolute Gasteiger partial charge is 0.351 e. The summed E-state index contributed by atoms with van der Waals surface area (Å²) in [5, 5.41) is 3.43. The Morgan fingerprint density at radius 1 is 1.35 bits per heavy atom. The van der Waals surface area contributed by atoms with E-state index in [1.54, 1.807) is 11.0 Å². The van der Waals surface area contributed by atoms with Crippen LogP contribution in [0.15, 0.2) is 18.2 Å². The van der Waals surface area contributed by atoms with E-state index in [-0.39, 0.29) is 29.4 Å². The van der Waals surface area contributed by atoms with Crippen LogP contribution in [0.2, 0.25) is 5.02 Å². The minimum atomic E-state index is -0.891. The number of hydrogen-bond acceptors (Lipinski definition) is 2. The second-order valence-electron chi connectivity index (χ2n) is 7.92. The van der Waals surface area contributed by atoms with E-state index in [4.69, 9.17) is 11.6 Å². The van der Waals surface area contributed by atoms with Gasteiger partial charge in [-0.15, -0.1) is 0 Å². The molecule has 1 saturated heterocycles. The smallest absolute Gasteiger partial charge is 0.245 e. The molecular weight excluding hydrogens is 355 g/mol. The third-order valence-corrected chi connectivity index (χ3v) is 6.26. The normalized spacial score (nSPS) is 29.1. The number of hydrogen-bond donors (Lipinski definition) is 1. The monoisotopic (exact) mass is 380 g/mol. The van der Waals surface area contributed by atoms with E-state index in [0.29, 0.717) is 24.3 Å². The van der Waals surface area contributed by atoms with Crippen LogP contribution in [0, 0.1) is 11.7 Å². The number of nitrogens with one attached hydrogen (secondary N) is 1. The molecule has 1 atom stereocenters. The summed E-state index contributed by atoms with van der Waals surface area (Å²) in [6.07, 6.45) is 5.04. The SMILES string of the molecule is CC1CCC(NC(=O)[C@]2(C)CCC(=O)N2Cc2ccc(F)cc2Cl)CC1. The van der Waals surface area contributed by atoms with Gasteiger partial charge in [0.15, 0.2) is 0 Å². The van der Waals surface area contributed by atoms with Gasteiger partial charge in [0.25, 0.3) is 0 Å². The number of likely N-dealkylation sites (tertiary alicyclic amines) is 1. The summed E-state index contributed by atoms with van der Waals surface area (Å²) in [7, 11) is 0. The predicted molar refractivity (Wildman–Crippen MR) is 99.2 cm³/mol. The van der Waals surface area contributed by atoms with E-state index in [1.165, 1.54) is 12.1 Å². The topological polar surface area (TPSA) is 49.4 Å². The van der Waals surface area contributed by atoms with Crippen LogP contribution < -0.4 is 5.32 Å². The van der Waals surface area contributed by atoms with Crippen molar-refractivity contribution in [1.29, 1.82) is 0 Å². The van der Waals surface area contributed by atoms with Gasteiger partial charge in [0.2, 0.25) is 11.8 Å². The van der Waals surface area contributed by atoms with E-state index >= 15 is 0 Å².